The molecule has 2 aromatic carbocycles. The third kappa shape index (κ3) is 7.21. The minimum absolute atomic E-state index is 0.0338. The molecular weight excluding hydrogens is 457 g/mol. The number of anilines is 1. The summed E-state index contributed by atoms with van der Waals surface area (Å²) in [6.45, 7) is 7.38. The summed E-state index contributed by atoms with van der Waals surface area (Å²) >= 11 is 0. The predicted molar refractivity (Wildman–Crippen MR) is 131 cm³/mol. The fourth-order valence-corrected chi connectivity index (χ4v) is 4.77. The highest BCUT2D eigenvalue weighted by molar-refractivity contribution is 5.97. The lowest BCUT2D eigenvalue weighted by Gasteiger charge is -2.36. The van der Waals surface area contributed by atoms with Crippen LogP contribution in [0.4, 0.5) is 18.9 Å². The van der Waals surface area contributed by atoms with Gasteiger partial charge in [0.05, 0.1) is 0 Å². The summed E-state index contributed by atoms with van der Waals surface area (Å²) in [5.74, 6) is -0.170. The lowest BCUT2D eigenvalue weighted by molar-refractivity contribution is -0.274. The number of ether oxygens (including phenoxy) is 1. The smallest absolute Gasteiger partial charge is 0.406 e. The second kappa shape index (κ2) is 12.4. The molecule has 0 radical (unpaired) electrons. The van der Waals surface area contributed by atoms with Crippen molar-refractivity contribution in [3.05, 3.63) is 48.0 Å². The van der Waals surface area contributed by atoms with Gasteiger partial charge in [-0.2, -0.15) is 0 Å². The maximum absolute atomic E-state index is 13.4. The summed E-state index contributed by atoms with van der Waals surface area (Å²) in [4.78, 5) is 17.6. The van der Waals surface area contributed by atoms with Crippen molar-refractivity contribution < 1.29 is 27.8 Å². The zero-order chi connectivity index (χ0) is 25.4. The number of hydrogen-bond donors (Lipinski definition) is 1. The van der Waals surface area contributed by atoms with Gasteiger partial charge in [-0.25, -0.2) is 0 Å². The van der Waals surface area contributed by atoms with Gasteiger partial charge >= 0.3 is 6.36 Å². The highest BCUT2D eigenvalue weighted by atomic mass is 19.4. The summed E-state index contributed by atoms with van der Waals surface area (Å²) in [6.07, 6.45) is -0.640. The van der Waals surface area contributed by atoms with Crippen molar-refractivity contribution in [3.63, 3.8) is 0 Å². The largest absolute Gasteiger partial charge is 0.573 e. The second-order valence-electron chi connectivity index (χ2n) is 8.71. The first-order valence-electron chi connectivity index (χ1n) is 12.5. The second-order valence-corrected chi connectivity index (χ2v) is 8.71. The molecule has 0 spiro atoms. The van der Waals surface area contributed by atoms with E-state index in [9.17, 15) is 18.0 Å². The van der Waals surface area contributed by atoms with Crippen LogP contribution < -0.4 is 9.64 Å². The molecule has 0 saturated carbocycles. The van der Waals surface area contributed by atoms with Crippen LogP contribution in [0.25, 0.3) is 11.1 Å². The zero-order valence-electron chi connectivity index (χ0n) is 20.5. The maximum Gasteiger partial charge on any atom is 0.573 e. The number of amides is 1. The first-order chi connectivity index (χ1) is 16.8. The molecule has 1 saturated heterocycles. The minimum atomic E-state index is -4.74. The Morgan fingerprint density at radius 1 is 1.06 bits per heavy atom. The molecule has 1 N–H and O–H groups in total. The number of aliphatic hydroxyl groups excluding tert-OH is 1. The van der Waals surface area contributed by atoms with Crippen LogP contribution in [0.15, 0.2) is 42.5 Å². The van der Waals surface area contributed by atoms with Gasteiger partial charge in [0.2, 0.25) is 5.91 Å². The van der Waals surface area contributed by atoms with E-state index >= 15 is 0 Å². The first kappa shape index (κ1) is 27.0. The number of aryl methyl sites for hydroxylation is 1. The molecule has 2 aromatic rings. The number of hydrogen-bond acceptors (Lipinski definition) is 4. The van der Waals surface area contributed by atoms with E-state index in [1.54, 1.807) is 6.07 Å². The van der Waals surface area contributed by atoms with E-state index in [-0.39, 0.29) is 24.2 Å². The van der Waals surface area contributed by atoms with Crippen LogP contribution in [-0.2, 0) is 11.2 Å². The molecule has 0 atom stereocenters. The van der Waals surface area contributed by atoms with Gasteiger partial charge in [-0.15, -0.1) is 13.2 Å². The monoisotopic (exact) mass is 492 g/mol. The van der Waals surface area contributed by atoms with Crippen molar-refractivity contribution in [1.29, 1.82) is 0 Å². The standard InChI is InChI=1S/C25H29F3N2O3.C2H6/c26-25(27,28)33-22-6-1-4-20(16-22)21-8-7-18-5-2-12-30(23(18)17-21)24(32)19-9-13-29(14-10-19)11-3-15-31;1-2/h1,4,6-8,16-17,19,31H,2-3,5,9-15H2;1-2H3. The van der Waals surface area contributed by atoms with Gasteiger partial charge in [-0.1, -0.05) is 38.1 Å². The van der Waals surface area contributed by atoms with Crippen molar-refractivity contribution in [2.24, 2.45) is 5.92 Å². The molecule has 35 heavy (non-hydrogen) atoms. The molecule has 2 aliphatic rings. The fraction of sp³-hybridized carbons (Fsp3) is 0.519. The molecular formula is C27H35F3N2O3. The number of aliphatic hydroxyl groups is 1. The van der Waals surface area contributed by atoms with Crippen molar-refractivity contribution in [1.82, 2.24) is 4.90 Å². The summed E-state index contributed by atoms with van der Waals surface area (Å²) in [6, 6.07) is 11.7. The lowest BCUT2D eigenvalue weighted by atomic mass is 9.92. The van der Waals surface area contributed by atoms with E-state index in [0.717, 1.165) is 68.6 Å². The van der Waals surface area contributed by atoms with Gasteiger partial charge in [0.25, 0.3) is 0 Å². The van der Waals surface area contributed by atoms with Crippen LogP contribution in [0.2, 0.25) is 0 Å². The Kier molecular flexibility index (Phi) is 9.57. The minimum Gasteiger partial charge on any atom is -0.406 e. The lowest BCUT2D eigenvalue weighted by Crippen LogP contribution is -2.44. The number of nitrogens with zero attached hydrogens (tertiary/aromatic N) is 2. The topological polar surface area (TPSA) is 53.0 Å². The molecule has 4 rings (SSSR count). The highest BCUT2D eigenvalue weighted by Gasteiger charge is 2.32. The number of piperidine rings is 1. The molecule has 1 amide bonds. The van der Waals surface area contributed by atoms with Crippen LogP contribution >= 0.6 is 0 Å². The van der Waals surface area contributed by atoms with Gasteiger partial charge in [-0.05, 0) is 80.1 Å². The Balaban J connectivity index is 0.00000167. The van der Waals surface area contributed by atoms with E-state index in [1.165, 1.54) is 18.2 Å². The van der Waals surface area contributed by atoms with E-state index in [2.05, 4.69) is 9.64 Å². The molecule has 0 unspecified atom stereocenters. The molecule has 192 valence electrons. The SMILES string of the molecule is CC.O=C(C1CCN(CCCO)CC1)N1CCCc2ccc(-c3cccc(OC(F)(F)F)c3)cc21. The number of rotatable bonds is 6. The number of likely N-dealkylation sites (tertiary alicyclic amines) is 1. The molecule has 5 nitrogen and oxygen atoms in total. The van der Waals surface area contributed by atoms with Gasteiger partial charge in [-0.3, -0.25) is 4.79 Å². The third-order valence-electron chi connectivity index (χ3n) is 6.44. The van der Waals surface area contributed by atoms with Crippen LogP contribution in [0.1, 0.15) is 45.1 Å². The van der Waals surface area contributed by atoms with Crippen molar-refractivity contribution >= 4 is 11.6 Å². The average Bonchev–Trinajstić information content (AvgIpc) is 2.87. The first-order valence-corrected chi connectivity index (χ1v) is 12.5. The molecule has 1 fully saturated rings. The third-order valence-corrected chi connectivity index (χ3v) is 6.44. The van der Waals surface area contributed by atoms with E-state index in [4.69, 9.17) is 5.11 Å². The van der Waals surface area contributed by atoms with Crippen LogP contribution in [0, 0.1) is 5.92 Å². The zero-order valence-corrected chi connectivity index (χ0v) is 20.5. The molecule has 2 heterocycles. The summed E-state index contributed by atoms with van der Waals surface area (Å²) in [7, 11) is 0. The summed E-state index contributed by atoms with van der Waals surface area (Å²) in [5, 5.41) is 9.03. The average molecular weight is 493 g/mol. The van der Waals surface area contributed by atoms with Gasteiger partial charge in [0.1, 0.15) is 5.75 Å². The van der Waals surface area contributed by atoms with Crippen LogP contribution in [0.3, 0.4) is 0 Å². The Bertz CT molecular complexity index is 972. The van der Waals surface area contributed by atoms with E-state index in [0.29, 0.717) is 12.1 Å². The Morgan fingerprint density at radius 2 is 1.77 bits per heavy atom. The highest BCUT2D eigenvalue weighted by Crippen LogP contribution is 2.35. The normalized spacial score (nSPS) is 16.8. The number of halogens is 3. The molecule has 0 aromatic heterocycles. The van der Waals surface area contributed by atoms with Crippen molar-refractivity contribution in [3.8, 4) is 16.9 Å². The number of fused-ring (bicyclic) bond motifs is 1. The number of benzene rings is 2. The predicted octanol–water partition coefficient (Wildman–Crippen LogP) is 5.65. The molecule has 0 bridgehead atoms. The fourth-order valence-electron chi connectivity index (χ4n) is 4.77. The maximum atomic E-state index is 13.4. The van der Waals surface area contributed by atoms with Gasteiger partial charge in [0.15, 0.2) is 0 Å². The number of carbonyl (C=O) groups excluding carboxylic acids is 1. The van der Waals surface area contributed by atoms with Crippen LogP contribution in [-0.4, -0.2) is 55.1 Å². The Labute approximate surface area is 205 Å². The Hall–Kier alpha value is -2.58. The van der Waals surface area contributed by atoms with E-state index < -0.39 is 6.36 Å². The van der Waals surface area contributed by atoms with Crippen molar-refractivity contribution in [2.45, 2.75) is 52.3 Å². The van der Waals surface area contributed by atoms with Gasteiger partial charge < -0.3 is 19.6 Å². The van der Waals surface area contributed by atoms with Crippen LogP contribution in [0.5, 0.6) is 5.75 Å². The number of carbonyl (C=O) groups is 1. The quantitative estimate of drug-likeness (QED) is 0.566. The molecule has 8 heteroatoms. The van der Waals surface area contributed by atoms with Crippen molar-refractivity contribution in [2.75, 3.05) is 37.7 Å². The summed E-state index contributed by atoms with van der Waals surface area (Å²) < 4.78 is 41.9. The molecule has 0 aliphatic carbocycles. The summed E-state index contributed by atoms with van der Waals surface area (Å²) in [5.41, 5.74) is 3.30. The van der Waals surface area contributed by atoms with E-state index in [1.807, 2.05) is 36.9 Å². The number of alkyl halides is 3. The van der Waals surface area contributed by atoms with Gasteiger partial charge in [0, 0.05) is 31.3 Å². The Morgan fingerprint density at radius 3 is 2.46 bits per heavy atom. The molecule has 2 aliphatic heterocycles.